The van der Waals surface area contributed by atoms with Crippen molar-refractivity contribution in [1.82, 2.24) is 0 Å². The molecule has 8 saturated carbocycles. The molecule has 8 bridgehead atoms. The summed E-state index contributed by atoms with van der Waals surface area (Å²) in [6.45, 7) is 0. The van der Waals surface area contributed by atoms with E-state index in [0.717, 1.165) is 64.2 Å². The van der Waals surface area contributed by atoms with Gasteiger partial charge in [0.15, 0.2) is 0 Å². The van der Waals surface area contributed by atoms with Crippen LogP contribution in [-0.4, -0.2) is 44.1 Å². The zero-order valence-electron chi connectivity index (χ0n) is 16.3. The maximum absolute atomic E-state index is 11.3. The van der Waals surface area contributed by atoms with E-state index in [1.807, 2.05) is 0 Å². The maximum Gasteiger partial charge on any atom is 0.309 e. The number of rotatable bonds is 2. The minimum atomic E-state index is -0.676. The van der Waals surface area contributed by atoms with Crippen LogP contribution < -0.4 is 0 Å². The van der Waals surface area contributed by atoms with E-state index in [4.69, 9.17) is 0 Å². The van der Waals surface area contributed by atoms with Crippen molar-refractivity contribution in [2.75, 3.05) is 0 Å². The van der Waals surface area contributed by atoms with Crippen LogP contribution in [0.3, 0.4) is 0 Å². The normalized spacial score (nSPS) is 54.9. The summed E-state index contributed by atoms with van der Waals surface area (Å²) in [7, 11) is 0. The smallest absolute Gasteiger partial charge is 0.309 e. The first-order valence-electron chi connectivity index (χ1n) is 11.0. The molecule has 0 saturated heterocycles. The van der Waals surface area contributed by atoms with E-state index in [0.29, 0.717) is 24.2 Å². The molecule has 6 nitrogen and oxygen atoms in total. The van der Waals surface area contributed by atoms with Crippen LogP contribution in [0.5, 0.6) is 0 Å². The second kappa shape index (κ2) is 5.94. The number of carboxylic acid groups (broad SMARTS) is 2. The predicted octanol–water partition coefficient (Wildman–Crippen LogP) is 2.66. The van der Waals surface area contributed by atoms with Crippen LogP contribution in [0, 0.1) is 40.4 Å². The Labute approximate surface area is 165 Å². The zero-order chi connectivity index (χ0) is 19.9. The average Bonchev–Trinajstić information content (AvgIpc) is 2.57. The van der Waals surface area contributed by atoms with E-state index in [-0.39, 0.29) is 17.9 Å². The fourth-order valence-electron chi connectivity index (χ4n) is 8.72. The third kappa shape index (κ3) is 2.74. The summed E-state index contributed by atoms with van der Waals surface area (Å²) in [6, 6.07) is 0. The van der Waals surface area contributed by atoms with Crippen LogP contribution in [0.4, 0.5) is 0 Å². The lowest BCUT2D eigenvalue weighted by molar-refractivity contribution is -0.191. The number of aliphatic hydroxyl groups excluding tert-OH is 1. The minimum absolute atomic E-state index is 0.209. The van der Waals surface area contributed by atoms with Crippen LogP contribution in [0.1, 0.15) is 70.6 Å². The van der Waals surface area contributed by atoms with E-state index in [1.54, 1.807) is 0 Å². The Morgan fingerprint density at radius 1 is 0.679 bits per heavy atom. The van der Waals surface area contributed by atoms with Crippen molar-refractivity contribution in [3.63, 3.8) is 0 Å². The first-order valence-corrected chi connectivity index (χ1v) is 11.0. The third-order valence-corrected chi connectivity index (χ3v) is 9.16. The summed E-state index contributed by atoms with van der Waals surface area (Å²) in [5.74, 6) is 0.769. The Hall–Kier alpha value is -1.14. The third-order valence-electron chi connectivity index (χ3n) is 9.16. The van der Waals surface area contributed by atoms with E-state index >= 15 is 0 Å². The molecular weight excluding hydrogens is 360 g/mol. The highest BCUT2D eigenvalue weighted by Crippen LogP contribution is 2.62. The number of hydrogen-bond donors (Lipinski definition) is 4. The molecule has 0 aromatic carbocycles. The van der Waals surface area contributed by atoms with Crippen molar-refractivity contribution in [3.05, 3.63) is 0 Å². The molecule has 0 amide bonds. The molecule has 28 heavy (non-hydrogen) atoms. The highest BCUT2D eigenvalue weighted by atomic mass is 16.4. The lowest BCUT2D eigenvalue weighted by Crippen LogP contribution is -2.58. The van der Waals surface area contributed by atoms with Gasteiger partial charge in [-0.1, -0.05) is 0 Å². The molecule has 8 aliphatic rings. The average molecular weight is 392 g/mol. The molecular formula is C22H32O6. The lowest BCUT2D eigenvalue weighted by Gasteiger charge is -2.58. The molecule has 8 aliphatic carbocycles. The fourth-order valence-corrected chi connectivity index (χ4v) is 8.72. The molecule has 4 atom stereocenters. The molecule has 8 fully saturated rings. The SMILES string of the molecule is O=C(O)C12CC3CC(C1)C(O)C(C3)C2.O=C(O)C12CC3CC(CC(O)(C3)C1)C2. The van der Waals surface area contributed by atoms with E-state index in [9.17, 15) is 30.0 Å². The van der Waals surface area contributed by atoms with Crippen LogP contribution in [0.15, 0.2) is 0 Å². The summed E-state index contributed by atoms with van der Waals surface area (Å²) >= 11 is 0. The summed E-state index contributed by atoms with van der Waals surface area (Å²) in [5, 5.41) is 38.7. The first kappa shape index (κ1) is 18.9. The number of carboxylic acids is 2. The van der Waals surface area contributed by atoms with Gasteiger partial charge < -0.3 is 20.4 Å². The number of aliphatic hydroxyl groups is 2. The van der Waals surface area contributed by atoms with E-state index in [1.165, 1.54) is 0 Å². The summed E-state index contributed by atoms with van der Waals surface area (Å²) in [5.41, 5.74) is -1.67. The van der Waals surface area contributed by atoms with E-state index < -0.39 is 28.4 Å². The molecule has 6 heteroatoms. The standard InChI is InChI=1S/2C11H16O3/c12-9(13)10-2-7-1-8(3-10)5-11(14,4-7)6-10;12-9-7-1-6-2-8(9)5-11(3-6,4-7)10(13)14/h7-8,14H,1-6H2,(H,12,13);6-9,12H,1-5H2,(H,13,14). The molecule has 0 aromatic rings. The highest BCUT2D eigenvalue weighted by molar-refractivity contribution is 5.76. The Kier molecular flexibility index (Phi) is 4.00. The van der Waals surface area contributed by atoms with Crippen molar-refractivity contribution in [3.8, 4) is 0 Å². The van der Waals surface area contributed by atoms with Crippen LogP contribution >= 0.6 is 0 Å². The molecule has 0 aliphatic heterocycles. The monoisotopic (exact) mass is 392 g/mol. The summed E-state index contributed by atoms with van der Waals surface area (Å²) in [4.78, 5) is 22.6. The predicted molar refractivity (Wildman–Crippen MR) is 99.3 cm³/mol. The highest BCUT2D eigenvalue weighted by Gasteiger charge is 2.60. The molecule has 0 spiro atoms. The topological polar surface area (TPSA) is 115 Å². The second-order valence-electron chi connectivity index (χ2n) is 11.3. The van der Waals surface area contributed by atoms with Crippen LogP contribution in [0.25, 0.3) is 0 Å². The van der Waals surface area contributed by atoms with Gasteiger partial charge in [0.25, 0.3) is 0 Å². The Morgan fingerprint density at radius 2 is 1.18 bits per heavy atom. The zero-order valence-corrected chi connectivity index (χ0v) is 16.3. The van der Waals surface area contributed by atoms with Gasteiger partial charge in [0.2, 0.25) is 0 Å². The summed E-state index contributed by atoms with van der Waals surface area (Å²) < 4.78 is 0. The molecule has 8 rings (SSSR count). The Morgan fingerprint density at radius 3 is 1.64 bits per heavy atom. The van der Waals surface area contributed by atoms with Gasteiger partial charge in [-0.15, -0.1) is 0 Å². The number of carbonyl (C=O) groups is 2. The molecule has 4 N–H and O–H groups in total. The molecule has 4 unspecified atom stereocenters. The van der Waals surface area contributed by atoms with Gasteiger partial charge in [0.1, 0.15) is 0 Å². The van der Waals surface area contributed by atoms with Gasteiger partial charge in [-0.25, -0.2) is 0 Å². The fraction of sp³-hybridized carbons (Fsp3) is 0.909. The Bertz CT molecular complexity index is 671. The van der Waals surface area contributed by atoms with Gasteiger partial charge in [0, 0.05) is 0 Å². The van der Waals surface area contributed by atoms with Crippen molar-refractivity contribution in [2.45, 2.75) is 82.3 Å². The first-order chi connectivity index (χ1) is 13.1. The van der Waals surface area contributed by atoms with Crippen molar-refractivity contribution in [2.24, 2.45) is 40.4 Å². The minimum Gasteiger partial charge on any atom is -0.481 e. The van der Waals surface area contributed by atoms with Gasteiger partial charge in [-0.05, 0) is 100 Å². The summed E-state index contributed by atoms with van der Waals surface area (Å²) in [6.07, 6.45) is 9.17. The maximum atomic E-state index is 11.3. The van der Waals surface area contributed by atoms with Gasteiger partial charge in [-0.3, -0.25) is 9.59 Å². The quantitative estimate of drug-likeness (QED) is 0.574. The van der Waals surface area contributed by atoms with Crippen molar-refractivity contribution >= 4 is 11.9 Å². The van der Waals surface area contributed by atoms with Crippen molar-refractivity contribution in [1.29, 1.82) is 0 Å². The Balaban J connectivity index is 0.000000122. The molecule has 0 radical (unpaired) electrons. The van der Waals surface area contributed by atoms with Gasteiger partial charge in [-0.2, -0.15) is 0 Å². The largest absolute Gasteiger partial charge is 0.481 e. The number of aliphatic carboxylic acids is 2. The van der Waals surface area contributed by atoms with Crippen LogP contribution in [0.2, 0.25) is 0 Å². The van der Waals surface area contributed by atoms with E-state index in [2.05, 4.69) is 0 Å². The van der Waals surface area contributed by atoms with Gasteiger partial charge >= 0.3 is 11.9 Å². The van der Waals surface area contributed by atoms with Crippen LogP contribution in [-0.2, 0) is 9.59 Å². The molecule has 156 valence electrons. The molecule has 0 heterocycles. The van der Waals surface area contributed by atoms with Gasteiger partial charge in [0.05, 0.1) is 22.5 Å². The molecule has 0 aromatic heterocycles. The lowest BCUT2D eigenvalue weighted by atomic mass is 9.48. The second-order valence-corrected chi connectivity index (χ2v) is 11.3. The number of hydrogen-bond acceptors (Lipinski definition) is 4. The van der Waals surface area contributed by atoms with Crippen molar-refractivity contribution < 1.29 is 30.0 Å².